The summed E-state index contributed by atoms with van der Waals surface area (Å²) < 4.78 is 57.5. The highest BCUT2D eigenvalue weighted by Crippen LogP contribution is 2.25. The number of hydrogen-bond acceptors (Lipinski definition) is 3. The van der Waals surface area contributed by atoms with Gasteiger partial charge in [0.1, 0.15) is 5.78 Å². The van der Waals surface area contributed by atoms with Crippen molar-refractivity contribution >= 4 is 15.6 Å². The molecule has 0 aromatic heterocycles. The molecule has 7 heteroatoms. The molecule has 0 saturated carbocycles. The number of alkyl halides is 3. The first kappa shape index (κ1) is 13.5. The van der Waals surface area contributed by atoms with Crippen LogP contribution in [0.3, 0.4) is 0 Å². The van der Waals surface area contributed by atoms with Crippen molar-refractivity contribution in [2.75, 3.05) is 11.5 Å². The lowest BCUT2D eigenvalue weighted by molar-refractivity contribution is -0.137. The van der Waals surface area contributed by atoms with Gasteiger partial charge in [-0.15, -0.1) is 0 Å². The number of halogens is 3. The van der Waals surface area contributed by atoms with E-state index in [1.165, 1.54) is 0 Å². The molecule has 1 unspecified atom stereocenters. The molecule has 0 radical (unpaired) electrons. The second-order valence-corrected chi connectivity index (χ2v) is 6.26. The molecule has 0 aromatic carbocycles. The number of hydrogen-bond donors (Lipinski definition) is 0. The molecule has 0 spiro atoms. The highest BCUT2D eigenvalue weighted by molar-refractivity contribution is 7.91. The van der Waals surface area contributed by atoms with Gasteiger partial charge in [-0.05, 0) is 12.8 Å². The Morgan fingerprint density at radius 2 is 1.94 bits per heavy atom. The molecular formula is C9H13F3O3S. The number of carbonyl (C=O) groups excluding carboxylic acids is 1. The summed E-state index contributed by atoms with van der Waals surface area (Å²) in [5, 5.41) is 0. The van der Waals surface area contributed by atoms with Gasteiger partial charge in [0.25, 0.3) is 0 Å². The van der Waals surface area contributed by atoms with Gasteiger partial charge in [0.15, 0.2) is 9.84 Å². The van der Waals surface area contributed by atoms with Crippen molar-refractivity contribution in [2.45, 2.75) is 31.9 Å². The van der Waals surface area contributed by atoms with E-state index >= 15 is 0 Å². The van der Waals surface area contributed by atoms with Crippen molar-refractivity contribution < 1.29 is 26.4 Å². The average Bonchev–Trinajstić information content (AvgIpc) is 2.43. The fourth-order valence-electron chi connectivity index (χ4n) is 1.72. The molecule has 1 atom stereocenters. The summed E-state index contributed by atoms with van der Waals surface area (Å²) in [5.41, 5.74) is 0. The zero-order valence-corrected chi connectivity index (χ0v) is 9.40. The molecule has 1 heterocycles. The van der Waals surface area contributed by atoms with Gasteiger partial charge < -0.3 is 0 Å². The summed E-state index contributed by atoms with van der Waals surface area (Å²) in [7, 11) is -3.14. The third kappa shape index (κ3) is 4.51. The smallest absolute Gasteiger partial charge is 0.299 e. The zero-order chi connectivity index (χ0) is 12.4. The molecule has 1 aliphatic rings. The predicted molar refractivity (Wildman–Crippen MR) is 51.7 cm³/mol. The molecule has 0 N–H and O–H groups in total. The van der Waals surface area contributed by atoms with Crippen LogP contribution in [0.15, 0.2) is 0 Å². The van der Waals surface area contributed by atoms with Crippen molar-refractivity contribution in [3.05, 3.63) is 0 Å². The number of ketones is 1. The summed E-state index contributed by atoms with van der Waals surface area (Å²) in [6, 6.07) is 0. The minimum Gasteiger partial charge on any atom is -0.299 e. The van der Waals surface area contributed by atoms with Gasteiger partial charge in [0.2, 0.25) is 0 Å². The van der Waals surface area contributed by atoms with Gasteiger partial charge in [-0.1, -0.05) is 0 Å². The summed E-state index contributed by atoms with van der Waals surface area (Å²) >= 11 is 0. The maximum Gasteiger partial charge on any atom is 0.389 e. The van der Waals surface area contributed by atoms with Crippen molar-refractivity contribution in [3.8, 4) is 0 Å². The Labute approximate surface area is 91.9 Å². The molecule has 0 aromatic rings. The molecule has 0 bridgehead atoms. The van der Waals surface area contributed by atoms with Crippen LogP contribution in [0, 0.1) is 5.92 Å². The molecule has 0 amide bonds. The van der Waals surface area contributed by atoms with Crippen LogP contribution in [0.2, 0.25) is 0 Å². The monoisotopic (exact) mass is 258 g/mol. The van der Waals surface area contributed by atoms with Crippen LogP contribution < -0.4 is 0 Å². The van der Waals surface area contributed by atoms with Crippen LogP contribution in [0.25, 0.3) is 0 Å². The Bertz CT molecular complexity index is 359. The Balaban J connectivity index is 2.32. The Morgan fingerprint density at radius 1 is 1.31 bits per heavy atom. The van der Waals surface area contributed by atoms with Crippen LogP contribution >= 0.6 is 0 Å². The van der Waals surface area contributed by atoms with Gasteiger partial charge in [0.05, 0.1) is 11.5 Å². The topological polar surface area (TPSA) is 51.2 Å². The third-order valence-corrected chi connectivity index (χ3v) is 4.34. The molecule has 94 valence electrons. The highest BCUT2D eigenvalue weighted by Gasteiger charge is 2.33. The number of rotatable bonds is 4. The first-order valence-electron chi connectivity index (χ1n) is 4.99. The standard InChI is InChI=1S/C9H13F3O3S/c10-9(11,12)4-1-2-8(13)7-3-5-16(14,15)6-7/h7H,1-6H2. The largest absolute Gasteiger partial charge is 0.389 e. The second kappa shape index (κ2) is 4.73. The molecule has 1 saturated heterocycles. The van der Waals surface area contributed by atoms with Crippen LogP contribution in [0.1, 0.15) is 25.7 Å². The highest BCUT2D eigenvalue weighted by atomic mass is 32.2. The van der Waals surface area contributed by atoms with E-state index < -0.39 is 28.4 Å². The van der Waals surface area contributed by atoms with E-state index in [1.807, 2.05) is 0 Å². The van der Waals surface area contributed by atoms with E-state index in [0.717, 1.165) is 0 Å². The van der Waals surface area contributed by atoms with Crippen LogP contribution in [0.5, 0.6) is 0 Å². The van der Waals surface area contributed by atoms with E-state index in [0.29, 0.717) is 0 Å². The molecule has 1 fully saturated rings. The number of carbonyl (C=O) groups is 1. The first-order valence-corrected chi connectivity index (χ1v) is 6.82. The Morgan fingerprint density at radius 3 is 2.38 bits per heavy atom. The van der Waals surface area contributed by atoms with Crippen molar-refractivity contribution in [3.63, 3.8) is 0 Å². The van der Waals surface area contributed by atoms with E-state index in [9.17, 15) is 26.4 Å². The zero-order valence-electron chi connectivity index (χ0n) is 8.59. The number of sulfone groups is 1. The second-order valence-electron chi connectivity index (χ2n) is 4.04. The predicted octanol–water partition coefficient (Wildman–Crippen LogP) is 1.72. The molecule has 3 nitrogen and oxygen atoms in total. The molecule has 1 aliphatic heterocycles. The summed E-state index contributed by atoms with van der Waals surface area (Å²) in [5.74, 6) is -1.16. The van der Waals surface area contributed by atoms with Crippen LogP contribution in [-0.2, 0) is 14.6 Å². The normalized spacial score (nSPS) is 24.6. The lowest BCUT2D eigenvalue weighted by atomic mass is 9.99. The summed E-state index contributed by atoms with van der Waals surface area (Å²) in [6.07, 6.45) is -5.41. The quantitative estimate of drug-likeness (QED) is 0.771. The van der Waals surface area contributed by atoms with Gasteiger partial charge in [-0.25, -0.2) is 8.42 Å². The average molecular weight is 258 g/mol. The minimum atomic E-state index is -4.25. The van der Waals surface area contributed by atoms with Crippen molar-refractivity contribution in [1.29, 1.82) is 0 Å². The number of Topliss-reactive ketones (excluding diaryl/α,β-unsaturated/α-hetero) is 1. The van der Waals surface area contributed by atoms with Crippen LogP contribution in [-0.4, -0.2) is 31.9 Å². The van der Waals surface area contributed by atoms with E-state index in [1.54, 1.807) is 0 Å². The van der Waals surface area contributed by atoms with Gasteiger partial charge >= 0.3 is 6.18 Å². The summed E-state index contributed by atoms with van der Waals surface area (Å²) in [6.45, 7) is 0. The van der Waals surface area contributed by atoms with Gasteiger partial charge in [0, 0.05) is 18.8 Å². The minimum absolute atomic E-state index is 0.0251. The van der Waals surface area contributed by atoms with Crippen molar-refractivity contribution in [1.82, 2.24) is 0 Å². The van der Waals surface area contributed by atoms with Crippen molar-refractivity contribution in [2.24, 2.45) is 5.92 Å². The first-order chi connectivity index (χ1) is 7.20. The lowest BCUT2D eigenvalue weighted by Gasteiger charge is -2.08. The third-order valence-electron chi connectivity index (χ3n) is 2.57. The van der Waals surface area contributed by atoms with Gasteiger partial charge in [-0.3, -0.25) is 4.79 Å². The maximum absolute atomic E-state index is 11.8. The fourth-order valence-corrected chi connectivity index (χ4v) is 3.49. The SMILES string of the molecule is O=C(CCCC(F)(F)F)C1CCS(=O)(=O)C1. The maximum atomic E-state index is 11.8. The van der Waals surface area contributed by atoms with Crippen LogP contribution in [0.4, 0.5) is 13.2 Å². The lowest BCUT2D eigenvalue weighted by Crippen LogP contribution is -2.17. The fraction of sp³-hybridized carbons (Fsp3) is 0.889. The van der Waals surface area contributed by atoms with E-state index in [2.05, 4.69) is 0 Å². The van der Waals surface area contributed by atoms with E-state index in [-0.39, 0.29) is 36.6 Å². The Kier molecular flexibility index (Phi) is 3.98. The molecular weight excluding hydrogens is 245 g/mol. The summed E-state index contributed by atoms with van der Waals surface area (Å²) in [4.78, 5) is 11.4. The molecule has 0 aliphatic carbocycles. The van der Waals surface area contributed by atoms with E-state index in [4.69, 9.17) is 0 Å². The molecule has 1 rings (SSSR count). The molecule has 16 heavy (non-hydrogen) atoms. The van der Waals surface area contributed by atoms with Gasteiger partial charge in [-0.2, -0.15) is 13.2 Å². The Hall–Kier alpha value is -0.590.